The van der Waals surface area contributed by atoms with E-state index in [0.717, 1.165) is 31.9 Å². The van der Waals surface area contributed by atoms with E-state index in [9.17, 15) is 17.6 Å². The van der Waals surface area contributed by atoms with Crippen molar-refractivity contribution >= 4 is 11.6 Å². The number of nitrogens with one attached hydrogen (secondary N) is 2. The Morgan fingerprint density at radius 3 is 2.70 bits per heavy atom. The normalized spacial score (nSPS) is 23.7. The Hall–Kier alpha value is -0.850. The minimum atomic E-state index is -4.25. The number of halogens is 5. The molecule has 130 valence electrons. The molecule has 1 aliphatic rings. The summed E-state index contributed by atoms with van der Waals surface area (Å²) in [4.78, 5) is 0. The molecule has 2 rings (SSSR count). The van der Waals surface area contributed by atoms with Crippen molar-refractivity contribution in [1.82, 2.24) is 10.6 Å². The minimum absolute atomic E-state index is 0.0454. The fourth-order valence-electron chi connectivity index (χ4n) is 3.04. The molecule has 1 heterocycles. The van der Waals surface area contributed by atoms with Crippen LogP contribution >= 0.6 is 11.6 Å². The maximum absolute atomic E-state index is 13.4. The largest absolute Gasteiger partial charge is 0.403 e. The molecule has 1 aliphatic heterocycles. The van der Waals surface area contributed by atoms with E-state index in [2.05, 4.69) is 10.6 Å². The maximum Gasteiger partial charge on any atom is 0.403 e. The predicted molar refractivity (Wildman–Crippen MR) is 83.3 cm³/mol. The quantitative estimate of drug-likeness (QED) is 0.782. The molecular weight excluding hydrogens is 332 g/mol. The molecule has 0 saturated carbocycles. The van der Waals surface area contributed by atoms with Gasteiger partial charge in [-0.05, 0) is 57.0 Å². The zero-order chi connectivity index (χ0) is 17.1. The van der Waals surface area contributed by atoms with Crippen molar-refractivity contribution in [3.63, 3.8) is 0 Å². The Morgan fingerprint density at radius 1 is 1.39 bits per heavy atom. The van der Waals surface area contributed by atoms with Crippen LogP contribution in [0.25, 0.3) is 0 Å². The first-order valence-corrected chi connectivity index (χ1v) is 8.09. The highest BCUT2D eigenvalue weighted by atomic mass is 35.5. The van der Waals surface area contributed by atoms with Gasteiger partial charge in [0.1, 0.15) is 11.9 Å². The van der Waals surface area contributed by atoms with Crippen LogP contribution in [0.4, 0.5) is 17.6 Å². The summed E-state index contributed by atoms with van der Waals surface area (Å²) in [7, 11) is 0. The molecule has 1 aromatic carbocycles. The van der Waals surface area contributed by atoms with Crippen molar-refractivity contribution in [2.45, 2.75) is 43.8 Å². The summed E-state index contributed by atoms with van der Waals surface area (Å²) < 4.78 is 51.2. The average Bonchev–Trinajstić information content (AvgIpc) is 2.50. The van der Waals surface area contributed by atoms with Crippen molar-refractivity contribution in [3.8, 4) is 0 Å². The molecule has 1 fully saturated rings. The molecule has 0 amide bonds. The van der Waals surface area contributed by atoms with Crippen LogP contribution in [0.15, 0.2) is 18.2 Å². The summed E-state index contributed by atoms with van der Waals surface area (Å²) in [6.07, 6.45) is -1.96. The number of alkyl halides is 3. The van der Waals surface area contributed by atoms with Crippen LogP contribution in [-0.4, -0.2) is 31.9 Å². The third-order valence-corrected chi connectivity index (χ3v) is 4.84. The Morgan fingerprint density at radius 2 is 2.13 bits per heavy atom. The van der Waals surface area contributed by atoms with Gasteiger partial charge in [-0.2, -0.15) is 13.2 Å². The molecule has 0 aromatic heterocycles. The van der Waals surface area contributed by atoms with Crippen LogP contribution in [0.1, 0.15) is 31.7 Å². The first kappa shape index (κ1) is 18.5. The van der Waals surface area contributed by atoms with Crippen molar-refractivity contribution in [3.05, 3.63) is 34.6 Å². The smallest absolute Gasteiger partial charge is 0.316 e. The third kappa shape index (κ3) is 4.58. The zero-order valence-electron chi connectivity index (χ0n) is 12.9. The summed E-state index contributed by atoms with van der Waals surface area (Å²) in [5.41, 5.74) is 0.547. The van der Waals surface area contributed by atoms with Crippen molar-refractivity contribution in [2.24, 2.45) is 0 Å². The fraction of sp³-hybridized carbons (Fsp3) is 0.625. The van der Waals surface area contributed by atoms with Crippen LogP contribution in [0.3, 0.4) is 0 Å². The van der Waals surface area contributed by atoms with E-state index in [-0.39, 0.29) is 17.0 Å². The highest BCUT2D eigenvalue weighted by molar-refractivity contribution is 6.30. The number of hydrogen-bond donors (Lipinski definition) is 2. The second kappa shape index (κ2) is 7.36. The standard InChI is InChI=1S/C16H21ClF4N2/c1-11(16(19,20)21)23-8-6-15(5-2-7-22-10-15)12-3-4-14(18)13(17)9-12/h3-4,9,11,22-23H,2,5-8,10H2,1H3/t11-,15-/m1/s1. The molecule has 2 nitrogen and oxygen atoms in total. The summed E-state index contributed by atoms with van der Waals surface area (Å²) in [5.74, 6) is -0.488. The van der Waals surface area contributed by atoms with Crippen LogP contribution in [-0.2, 0) is 5.41 Å². The second-order valence-electron chi connectivity index (χ2n) is 6.16. The number of hydrogen-bond acceptors (Lipinski definition) is 2. The summed E-state index contributed by atoms with van der Waals surface area (Å²) >= 11 is 5.88. The second-order valence-corrected chi connectivity index (χ2v) is 6.56. The molecular formula is C16H21ClF4N2. The molecule has 1 saturated heterocycles. The number of piperidine rings is 1. The van der Waals surface area contributed by atoms with Crippen LogP contribution in [0.2, 0.25) is 5.02 Å². The zero-order valence-corrected chi connectivity index (χ0v) is 13.7. The lowest BCUT2D eigenvalue weighted by atomic mass is 9.72. The Labute approximate surface area is 138 Å². The predicted octanol–water partition coefficient (Wildman–Crippen LogP) is 4.03. The summed E-state index contributed by atoms with van der Waals surface area (Å²) in [6.45, 7) is 2.87. The molecule has 2 atom stereocenters. The summed E-state index contributed by atoms with van der Waals surface area (Å²) in [6, 6.07) is 3.05. The van der Waals surface area contributed by atoms with E-state index in [1.165, 1.54) is 6.07 Å². The molecule has 23 heavy (non-hydrogen) atoms. The SMILES string of the molecule is C[C@@H](NCC[C@]1(c2ccc(F)c(Cl)c2)CCCNC1)C(F)(F)F. The van der Waals surface area contributed by atoms with Gasteiger partial charge in [0.05, 0.1) is 5.02 Å². The topological polar surface area (TPSA) is 24.1 Å². The molecule has 0 radical (unpaired) electrons. The van der Waals surface area contributed by atoms with Crippen LogP contribution in [0.5, 0.6) is 0 Å². The van der Waals surface area contributed by atoms with Gasteiger partial charge < -0.3 is 10.6 Å². The van der Waals surface area contributed by atoms with Gasteiger partial charge in [-0.1, -0.05) is 17.7 Å². The molecule has 0 unspecified atom stereocenters. The summed E-state index contributed by atoms with van der Waals surface area (Å²) in [5, 5.41) is 5.87. The molecule has 0 spiro atoms. The molecule has 0 bridgehead atoms. The average molecular weight is 353 g/mol. The van der Waals surface area contributed by atoms with E-state index in [1.807, 2.05) is 0 Å². The lowest BCUT2D eigenvalue weighted by Gasteiger charge is -2.39. The van der Waals surface area contributed by atoms with Gasteiger partial charge in [0.15, 0.2) is 0 Å². The van der Waals surface area contributed by atoms with Crippen LogP contribution < -0.4 is 10.6 Å². The lowest BCUT2D eigenvalue weighted by molar-refractivity contribution is -0.151. The van der Waals surface area contributed by atoms with Gasteiger partial charge in [0.25, 0.3) is 0 Å². The maximum atomic E-state index is 13.4. The monoisotopic (exact) mass is 352 g/mol. The highest BCUT2D eigenvalue weighted by Gasteiger charge is 2.37. The van der Waals surface area contributed by atoms with Gasteiger partial charge in [-0.15, -0.1) is 0 Å². The third-order valence-electron chi connectivity index (χ3n) is 4.55. The lowest BCUT2D eigenvalue weighted by Crippen LogP contribution is -2.47. The van der Waals surface area contributed by atoms with E-state index >= 15 is 0 Å². The van der Waals surface area contributed by atoms with Gasteiger partial charge in [0, 0.05) is 12.0 Å². The number of rotatable bonds is 5. The van der Waals surface area contributed by atoms with Crippen molar-refractivity contribution in [1.29, 1.82) is 0 Å². The molecule has 1 aromatic rings. The van der Waals surface area contributed by atoms with E-state index in [4.69, 9.17) is 11.6 Å². The molecule has 7 heteroatoms. The van der Waals surface area contributed by atoms with Gasteiger partial charge in [-0.25, -0.2) is 4.39 Å². The van der Waals surface area contributed by atoms with Gasteiger partial charge >= 0.3 is 6.18 Å². The first-order valence-electron chi connectivity index (χ1n) is 7.71. The Kier molecular flexibility index (Phi) is 5.92. The van der Waals surface area contributed by atoms with E-state index in [1.54, 1.807) is 12.1 Å². The highest BCUT2D eigenvalue weighted by Crippen LogP contribution is 2.36. The Balaban J connectivity index is 2.11. The fourth-order valence-corrected chi connectivity index (χ4v) is 3.22. The van der Waals surface area contributed by atoms with Crippen molar-refractivity contribution < 1.29 is 17.6 Å². The first-order chi connectivity index (χ1) is 10.7. The van der Waals surface area contributed by atoms with Gasteiger partial charge in [-0.3, -0.25) is 0 Å². The van der Waals surface area contributed by atoms with Crippen LogP contribution in [0, 0.1) is 5.82 Å². The van der Waals surface area contributed by atoms with E-state index in [0.29, 0.717) is 13.0 Å². The van der Waals surface area contributed by atoms with E-state index < -0.39 is 18.0 Å². The Bertz CT molecular complexity index is 527. The van der Waals surface area contributed by atoms with Gasteiger partial charge in [0.2, 0.25) is 0 Å². The number of benzene rings is 1. The van der Waals surface area contributed by atoms with Crippen molar-refractivity contribution in [2.75, 3.05) is 19.6 Å². The minimum Gasteiger partial charge on any atom is -0.316 e. The molecule has 0 aliphatic carbocycles. The molecule has 2 N–H and O–H groups in total.